The van der Waals surface area contributed by atoms with Gasteiger partial charge in [0.1, 0.15) is 5.75 Å². The molecule has 0 fully saturated rings. The smallest absolute Gasteiger partial charge is 0.180 e. The molecule has 2 heterocycles. The van der Waals surface area contributed by atoms with Gasteiger partial charge in [-0.2, -0.15) is 0 Å². The van der Waals surface area contributed by atoms with Crippen LogP contribution in [0.3, 0.4) is 0 Å². The maximum Gasteiger partial charge on any atom is 0.180 e. The largest absolute Gasteiger partial charge is 0.496 e. The number of rotatable bonds is 5. The molecule has 0 saturated heterocycles. The molecule has 0 radical (unpaired) electrons. The summed E-state index contributed by atoms with van der Waals surface area (Å²) in [4.78, 5) is 11.9. The van der Waals surface area contributed by atoms with Crippen molar-refractivity contribution in [3.8, 4) is 5.75 Å². The predicted octanol–water partition coefficient (Wildman–Crippen LogP) is 2.38. The highest BCUT2D eigenvalue weighted by atomic mass is 32.1. The van der Waals surface area contributed by atoms with Crippen molar-refractivity contribution < 1.29 is 4.74 Å². The number of aryl methyl sites for hydroxylation is 1. The van der Waals surface area contributed by atoms with Crippen LogP contribution >= 0.6 is 11.3 Å². The normalized spacial score (nSPS) is 11.1. The highest BCUT2D eigenvalue weighted by Crippen LogP contribution is 2.25. The summed E-state index contributed by atoms with van der Waals surface area (Å²) in [6.45, 7) is 5.63. The first-order valence-corrected chi connectivity index (χ1v) is 7.20. The van der Waals surface area contributed by atoms with Crippen LogP contribution in [0.2, 0.25) is 0 Å². The Kier molecular flexibility index (Phi) is 4.57. The highest BCUT2D eigenvalue weighted by Gasteiger charge is 2.12. The number of nitrogens with zero attached hydrogens (tertiary/aromatic N) is 3. The molecule has 0 unspecified atom stereocenters. The van der Waals surface area contributed by atoms with Gasteiger partial charge in [-0.05, 0) is 20.9 Å². The van der Waals surface area contributed by atoms with E-state index in [4.69, 9.17) is 10.5 Å². The monoisotopic (exact) mass is 292 g/mol. The number of methoxy groups -OCH3 is 1. The van der Waals surface area contributed by atoms with Crippen molar-refractivity contribution in [2.75, 3.05) is 19.9 Å². The minimum absolute atomic E-state index is 0.611. The number of anilines is 1. The summed E-state index contributed by atoms with van der Waals surface area (Å²) in [5.41, 5.74) is 8.84. The van der Waals surface area contributed by atoms with E-state index in [0.717, 1.165) is 40.5 Å². The van der Waals surface area contributed by atoms with Gasteiger partial charge in [0.2, 0.25) is 0 Å². The predicted molar refractivity (Wildman–Crippen MR) is 82.0 cm³/mol. The van der Waals surface area contributed by atoms with Gasteiger partial charge >= 0.3 is 0 Å². The van der Waals surface area contributed by atoms with Gasteiger partial charge in [-0.25, -0.2) is 4.98 Å². The van der Waals surface area contributed by atoms with Crippen LogP contribution in [0.5, 0.6) is 5.75 Å². The van der Waals surface area contributed by atoms with Crippen LogP contribution in [0, 0.1) is 13.8 Å². The number of aromatic nitrogens is 2. The second-order valence-electron chi connectivity index (χ2n) is 4.88. The van der Waals surface area contributed by atoms with Crippen LogP contribution in [0.1, 0.15) is 21.7 Å². The number of hydrogen-bond donors (Lipinski definition) is 1. The maximum atomic E-state index is 5.65. The highest BCUT2D eigenvalue weighted by molar-refractivity contribution is 7.15. The lowest BCUT2D eigenvalue weighted by molar-refractivity contribution is 0.315. The Bertz CT molecular complexity index is 597. The molecule has 2 N–H and O–H groups in total. The molecule has 0 aliphatic heterocycles. The number of pyridine rings is 1. The van der Waals surface area contributed by atoms with Crippen molar-refractivity contribution >= 4 is 16.5 Å². The van der Waals surface area contributed by atoms with Gasteiger partial charge in [0.25, 0.3) is 0 Å². The Morgan fingerprint density at radius 2 is 2.00 bits per heavy atom. The summed E-state index contributed by atoms with van der Waals surface area (Å²) in [5.74, 6) is 0.922. The first-order chi connectivity index (χ1) is 9.51. The molecule has 108 valence electrons. The standard InChI is InChI=1S/C14H20N4OS/c1-9-5-16-12(10(2)13(9)19-4)8-18(3)7-11-6-17-14(15)20-11/h5-6H,7-8H2,1-4H3,(H2,15,17). The van der Waals surface area contributed by atoms with Crippen LogP contribution in [-0.4, -0.2) is 29.0 Å². The van der Waals surface area contributed by atoms with E-state index < -0.39 is 0 Å². The zero-order valence-electron chi connectivity index (χ0n) is 12.3. The van der Waals surface area contributed by atoms with Gasteiger partial charge in [-0.3, -0.25) is 9.88 Å². The van der Waals surface area contributed by atoms with E-state index in [1.165, 1.54) is 11.3 Å². The minimum atomic E-state index is 0.611. The molecule has 0 amide bonds. The molecular formula is C14H20N4OS. The minimum Gasteiger partial charge on any atom is -0.496 e. The summed E-state index contributed by atoms with van der Waals surface area (Å²) < 4.78 is 5.44. The van der Waals surface area contributed by atoms with Gasteiger partial charge < -0.3 is 10.5 Å². The van der Waals surface area contributed by atoms with Crippen LogP contribution in [0.15, 0.2) is 12.4 Å². The fourth-order valence-electron chi connectivity index (χ4n) is 2.20. The third kappa shape index (κ3) is 3.26. The average Bonchev–Trinajstić information content (AvgIpc) is 2.79. The molecule has 5 nitrogen and oxygen atoms in total. The Morgan fingerprint density at radius 1 is 1.25 bits per heavy atom. The molecule has 6 heteroatoms. The van der Waals surface area contributed by atoms with Crippen molar-refractivity contribution in [3.63, 3.8) is 0 Å². The summed E-state index contributed by atoms with van der Waals surface area (Å²) in [7, 11) is 3.76. The molecule has 2 aromatic rings. The van der Waals surface area contributed by atoms with Gasteiger partial charge in [-0.1, -0.05) is 0 Å². The zero-order chi connectivity index (χ0) is 14.7. The molecule has 0 bridgehead atoms. The molecule has 0 saturated carbocycles. The van der Waals surface area contributed by atoms with Gasteiger partial charge in [-0.15, -0.1) is 11.3 Å². The molecule has 0 atom stereocenters. The maximum absolute atomic E-state index is 5.65. The van der Waals surface area contributed by atoms with E-state index in [0.29, 0.717) is 5.13 Å². The lowest BCUT2D eigenvalue weighted by Crippen LogP contribution is -2.18. The number of ether oxygens (including phenoxy) is 1. The molecule has 0 aliphatic rings. The SMILES string of the molecule is COc1c(C)cnc(CN(C)Cc2cnc(N)s2)c1C. The third-order valence-electron chi connectivity index (χ3n) is 3.17. The topological polar surface area (TPSA) is 64.3 Å². The second kappa shape index (κ2) is 6.19. The van der Waals surface area contributed by atoms with Gasteiger partial charge in [0.15, 0.2) is 5.13 Å². The van der Waals surface area contributed by atoms with E-state index >= 15 is 0 Å². The van der Waals surface area contributed by atoms with Crippen LogP contribution < -0.4 is 10.5 Å². The van der Waals surface area contributed by atoms with Crippen molar-refractivity contribution in [2.24, 2.45) is 0 Å². The summed E-state index contributed by atoms with van der Waals surface area (Å²) >= 11 is 1.52. The van der Waals surface area contributed by atoms with Crippen LogP contribution in [0.4, 0.5) is 5.13 Å². The van der Waals surface area contributed by atoms with Crippen LogP contribution in [0.25, 0.3) is 0 Å². The Balaban J connectivity index is 2.09. The van der Waals surface area contributed by atoms with Gasteiger partial charge in [0.05, 0.1) is 12.8 Å². The molecular weight excluding hydrogens is 272 g/mol. The first kappa shape index (κ1) is 14.7. The van der Waals surface area contributed by atoms with E-state index in [1.807, 2.05) is 26.2 Å². The summed E-state index contributed by atoms with van der Waals surface area (Å²) in [6, 6.07) is 0. The fourth-order valence-corrected chi connectivity index (χ4v) is 2.97. The van der Waals surface area contributed by atoms with Crippen molar-refractivity contribution in [1.82, 2.24) is 14.9 Å². The quantitative estimate of drug-likeness (QED) is 0.916. The number of thiazole rings is 1. The Labute approximate surface area is 123 Å². The molecule has 2 rings (SSSR count). The Morgan fingerprint density at radius 3 is 2.60 bits per heavy atom. The lowest BCUT2D eigenvalue weighted by Gasteiger charge is -2.18. The van der Waals surface area contributed by atoms with E-state index in [1.54, 1.807) is 7.11 Å². The Hall–Kier alpha value is -1.66. The number of nitrogen functional groups attached to an aromatic ring is 1. The fraction of sp³-hybridized carbons (Fsp3) is 0.429. The average molecular weight is 292 g/mol. The van der Waals surface area contributed by atoms with Crippen molar-refractivity contribution in [2.45, 2.75) is 26.9 Å². The van der Waals surface area contributed by atoms with E-state index in [2.05, 4.69) is 21.9 Å². The van der Waals surface area contributed by atoms with Crippen molar-refractivity contribution in [3.05, 3.63) is 34.1 Å². The molecule has 0 aromatic carbocycles. The van der Waals surface area contributed by atoms with Crippen molar-refractivity contribution in [1.29, 1.82) is 0 Å². The van der Waals surface area contributed by atoms with Crippen LogP contribution in [-0.2, 0) is 13.1 Å². The summed E-state index contributed by atoms with van der Waals surface area (Å²) in [6.07, 6.45) is 3.69. The number of hydrogen-bond acceptors (Lipinski definition) is 6. The summed E-state index contributed by atoms with van der Waals surface area (Å²) in [5, 5.41) is 0.611. The molecule has 20 heavy (non-hydrogen) atoms. The van der Waals surface area contributed by atoms with E-state index in [-0.39, 0.29) is 0 Å². The first-order valence-electron chi connectivity index (χ1n) is 6.39. The lowest BCUT2D eigenvalue weighted by atomic mass is 10.1. The van der Waals surface area contributed by atoms with E-state index in [9.17, 15) is 0 Å². The van der Waals surface area contributed by atoms with Gasteiger partial charge in [0, 0.05) is 41.5 Å². The molecule has 0 spiro atoms. The molecule has 0 aliphatic carbocycles. The second-order valence-corrected chi connectivity index (χ2v) is 6.03. The zero-order valence-corrected chi connectivity index (χ0v) is 13.1. The molecule has 2 aromatic heterocycles. The third-order valence-corrected chi connectivity index (χ3v) is 3.98. The number of nitrogens with two attached hydrogens (primary N) is 1.